The van der Waals surface area contributed by atoms with Crippen LogP contribution in [0.25, 0.3) is 10.4 Å². The van der Waals surface area contributed by atoms with Gasteiger partial charge in [0.1, 0.15) is 5.67 Å². The van der Waals surface area contributed by atoms with E-state index in [4.69, 9.17) is 5.11 Å². The Balaban J connectivity index is 1.07. The number of carboxylic acid groups (broad SMARTS) is 1. The molecular formula is C27H29FN2O2S. The van der Waals surface area contributed by atoms with E-state index < -0.39 is 11.6 Å². The van der Waals surface area contributed by atoms with E-state index in [0.29, 0.717) is 36.9 Å². The van der Waals surface area contributed by atoms with Gasteiger partial charge >= 0.3 is 5.97 Å². The summed E-state index contributed by atoms with van der Waals surface area (Å²) in [5, 5.41) is 12.5. The molecule has 1 saturated heterocycles. The Kier molecular flexibility index (Phi) is 6.32. The molecule has 0 spiro atoms. The molecule has 33 heavy (non-hydrogen) atoms. The first kappa shape index (κ1) is 22.3. The summed E-state index contributed by atoms with van der Waals surface area (Å²) >= 11 is 1.85. The van der Waals surface area contributed by atoms with Crippen LogP contribution in [-0.2, 0) is 6.54 Å². The van der Waals surface area contributed by atoms with E-state index in [2.05, 4.69) is 46.6 Å². The summed E-state index contributed by atoms with van der Waals surface area (Å²) in [6.45, 7) is 2.60. The quantitative estimate of drug-likeness (QED) is 0.458. The average molecular weight is 465 g/mol. The molecule has 2 unspecified atom stereocenters. The Bertz CT molecular complexity index is 1090. The van der Waals surface area contributed by atoms with Crippen LogP contribution in [0.1, 0.15) is 46.0 Å². The van der Waals surface area contributed by atoms with Crippen molar-refractivity contribution in [2.45, 2.75) is 43.4 Å². The fraction of sp³-hybridized carbons (Fsp3) is 0.370. The SMILES string of the molecule is O=C(O)c1ccc(CN2CCC(F)(CNC3CC3c3ccc(-c4ccccc4)s3)CC2)cc1. The van der Waals surface area contributed by atoms with Crippen molar-refractivity contribution in [3.63, 3.8) is 0 Å². The lowest BCUT2D eigenvalue weighted by Gasteiger charge is -2.36. The lowest BCUT2D eigenvalue weighted by atomic mass is 9.93. The highest BCUT2D eigenvalue weighted by Gasteiger charge is 2.42. The maximum atomic E-state index is 15.4. The minimum Gasteiger partial charge on any atom is -0.478 e. The van der Waals surface area contributed by atoms with Gasteiger partial charge in [-0.15, -0.1) is 11.3 Å². The molecule has 1 aliphatic carbocycles. The number of piperidine rings is 1. The van der Waals surface area contributed by atoms with Crippen LogP contribution in [-0.4, -0.2) is 47.3 Å². The van der Waals surface area contributed by atoms with Crippen molar-refractivity contribution in [1.29, 1.82) is 0 Å². The Morgan fingerprint density at radius 1 is 1.06 bits per heavy atom. The zero-order valence-corrected chi connectivity index (χ0v) is 19.4. The van der Waals surface area contributed by atoms with E-state index in [1.807, 2.05) is 29.5 Å². The number of halogens is 1. The molecule has 5 rings (SSSR count). The number of carboxylic acids is 1. The van der Waals surface area contributed by atoms with Gasteiger partial charge in [-0.2, -0.15) is 0 Å². The van der Waals surface area contributed by atoms with E-state index in [9.17, 15) is 4.79 Å². The van der Waals surface area contributed by atoms with Gasteiger partial charge in [0.15, 0.2) is 0 Å². The second-order valence-corrected chi connectivity index (χ2v) is 10.4. The van der Waals surface area contributed by atoms with Crippen LogP contribution in [0.5, 0.6) is 0 Å². The third-order valence-corrected chi connectivity index (χ3v) is 8.15. The number of hydrogen-bond acceptors (Lipinski definition) is 4. The first-order chi connectivity index (χ1) is 16.0. The standard InChI is InChI=1S/C27H29FN2O2S/c28-27(12-14-30(15-13-27)17-19-6-8-21(9-7-19)26(31)32)18-29-23-16-22(23)25-11-10-24(33-25)20-4-2-1-3-5-20/h1-11,22-23,29H,12-18H2,(H,31,32). The number of carbonyl (C=O) groups is 1. The molecule has 2 fully saturated rings. The maximum absolute atomic E-state index is 15.4. The third-order valence-electron chi connectivity index (χ3n) is 6.88. The van der Waals surface area contributed by atoms with Crippen molar-refractivity contribution < 1.29 is 14.3 Å². The van der Waals surface area contributed by atoms with Crippen LogP contribution in [0.2, 0.25) is 0 Å². The summed E-state index contributed by atoms with van der Waals surface area (Å²) in [4.78, 5) is 15.9. The van der Waals surface area contributed by atoms with Gasteiger partial charge in [0.2, 0.25) is 0 Å². The van der Waals surface area contributed by atoms with Crippen molar-refractivity contribution in [2.24, 2.45) is 0 Å². The second-order valence-electron chi connectivity index (χ2n) is 9.33. The van der Waals surface area contributed by atoms with Gasteiger partial charge in [-0.25, -0.2) is 9.18 Å². The lowest BCUT2D eigenvalue weighted by Crippen LogP contribution is -2.47. The maximum Gasteiger partial charge on any atom is 0.335 e. The van der Waals surface area contributed by atoms with Crippen LogP contribution in [0.15, 0.2) is 66.7 Å². The molecule has 2 aromatic carbocycles. The van der Waals surface area contributed by atoms with Gasteiger partial charge in [-0.3, -0.25) is 4.90 Å². The molecule has 0 radical (unpaired) electrons. The molecule has 2 N–H and O–H groups in total. The molecule has 0 bridgehead atoms. The van der Waals surface area contributed by atoms with Gasteiger partial charge < -0.3 is 10.4 Å². The first-order valence-electron chi connectivity index (χ1n) is 11.6. The van der Waals surface area contributed by atoms with E-state index >= 15 is 4.39 Å². The molecule has 2 aliphatic rings. The average Bonchev–Trinajstić information content (AvgIpc) is 3.45. The summed E-state index contributed by atoms with van der Waals surface area (Å²) in [5.74, 6) is -0.409. The van der Waals surface area contributed by atoms with E-state index in [0.717, 1.165) is 31.6 Å². The van der Waals surface area contributed by atoms with Crippen LogP contribution in [0.3, 0.4) is 0 Å². The summed E-state index contributed by atoms with van der Waals surface area (Å²) in [6.07, 6.45) is 2.15. The molecular weight excluding hydrogens is 435 g/mol. The van der Waals surface area contributed by atoms with Gasteiger partial charge in [-0.05, 0) is 54.7 Å². The Hall–Kier alpha value is -2.54. The number of nitrogens with one attached hydrogen (secondary N) is 1. The molecule has 4 nitrogen and oxygen atoms in total. The van der Waals surface area contributed by atoms with Crippen LogP contribution >= 0.6 is 11.3 Å². The minimum atomic E-state index is -1.15. The topological polar surface area (TPSA) is 52.6 Å². The molecule has 1 aromatic heterocycles. The van der Waals surface area contributed by atoms with Gasteiger partial charge in [0.05, 0.1) is 5.56 Å². The number of rotatable bonds is 8. The van der Waals surface area contributed by atoms with Crippen molar-refractivity contribution in [2.75, 3.05) is 19.6 Å². The van der Waals surface area contributed by atoms with Crippen LogP contribution < -0.4 is 5.32 Å². The van der Waals surface area contributed by atoms with Crippen molar-refractivity contribution in [3.05, 3.63) is 82.7 Å². The molecule has 172 valence electrons. The van der Waals surface area contributed by atoms with E-state index in [1.165, 1.54) is 15.3 Å². The Morgan fingerprint density at radius 2 is 1.79 bits per heavy atom. The van der Waals surface area contributed by atoms with Gasteiger partial charge in [0.25, 0.3) is 0 Å². The summed E-state index contributed by atoms with van der Waals surface area (Å²) in [6, 6.07) is 22.2. The van der Waals surface area contributed by atoms with Gasteiger partial charge in [-0.1, -0.05) is 42.5 Å². The number of aromatic carboxylic acids is 1. The molecule has 0 amide bonds. The van der Waals surface area contributed by atoms with Crippen LogP contribution in [0, 0.1) is 0 Å². The first-order valence-corrected chi connectivity index (χ1v) is 12.4. The highest BCUT2D eigenvalue weighted by Crippen LogP contribution is 2.46. The Labute approximate surface area is 198 Å². The fourth-order valence-electron chi connectivity index (χ4n) is 4.66. The van der Waals surface area contributed by atoms with Crippen molar-refractivity contribution >= 4 is 17.3 Å². The number of hydrogen-bond donors (Lipinski definition) is 2. The number of alkyl halides is 1. The molecule has 2 atom stereocenters. The highest BCUT2D eigenvalue weighted by atomic mass is 32.1. The summed E-state index contributed by atoms with van der Waals surface area (Å²) < 4.78 is 15.4. The summed E-state index contributed by atoms with van der Waals surface area (Å²) in [7, 11) is 0. The smallest absolute Gasteiger partial charge is 0.335 e. The Morgan fingerprint density at radius 3 is 2.48 bits per heavy atom. The summed E-state index contributed by atoms with van der Waals surface area (Å²) in [5.41, 5.74) is 1.47. The molecule has 1 aliphatic heterocycles. The molecule has 1 saturated carbocycles. The highest BCUT2D eigenvalue weighted by molar-refractivity contribution is 7.15. The number of benzene rings is 2. The zero-order chi connectivity index (χ0) is 22.8. The minimum absolute atomic E-state index is 0.295. The predicted octanol–water partition coefficient (Wildman–Crippen LogP) is 5.56. The number of likely N-dealkylation sites (tertiary alicyclic amines) is 1. The molecule has 3 aromatic rings. The van der Waals surface area contributed by atoms with E-state index in [1.54, 1.807) is 12.1 Å². The fourth-order valence-corrected chi connectivity index (χ4v) is 5.85. The molecule has 6 heteroatoms. The zero-order valence-electron chi connectivity index (χ0n) is 18.5. The van der Waals surface area contributed by atoms with Crippen LogP contribution in [0.4, 0.5) is 4.39 Å². The number of thiophene rings is 1. The van der Waals surface area contributed by atoms with E-state index in [-0.39, 0.29) is 0 Å². The van der Waals surface area contributed by atoms with Crippen molar-refractivity contribution in [3.8, 4) is 10.4 Å². The lowest BCUT2D eigenvalue weighted by molar-refractivity contribution is 0.0543. The normalized spacial score (nSPS) is 22.2. The third kappa shape index (κ3) is 5.35. The monoisotopic (exact) mass is 464 g/mol. The molecule has 2 heterocycles. The second kappa shape index (κ2) is 9.37. The van der Waals surface area contributed by atoms with Crippen molar-refractivity contribution in [1.82, 2.24) is 10.2 Å². The van der Waals surface area contributed by atoms with Gasteiger partial charge in [0, 0.05) is 47.9 Å². The predicted molar refractivity (Wildman–Crippen MR) is 131 cm³/mol. The number of nitrogens with zero attached hydrogens (tertiary/aromatic N) is 1. The largest absolute Gasteiger partial charge is 0.478 e.